The summed E-state index contributed by atoms with van der Waals surface area (Å²) in [5.74, 6) is 2.12. The fourth-order valence-electron chi connectivity index (χ4n) is 2.66. The van der Waals surface area contributed by atoms with Gasteiger partial charge in [0.25, 0.3) is 0 Å². The van der Waals surface area contributed by atoms with Crippen LogP contribution >= 0.6 is 11.8 Å². The van der Waals surface area contributed by atoms with E-state index >= 15 is 0 Å². The van der Waals surface area contributed by atoms with Crippen molar-refractivity contribution in [2.24, 2.45) is 5.73 Å². The summed E-state index contributed by atoms with van der Waals surface area (Å²) in [6.07, 6.45) is 2.28. The molecule has 0 aromatic heterocycles. The van der Waals surface area contributed by atoms with Crippen LogP contribution in [-0.2, 0) is 14.6 Å². The van der Waals surface area contributed by atoms with E-state index in [0.717, 1.165) is 17.9 Å². The van der Waals surface area contributed by atoms with Crippen LogP contribution in [0.15, 0.2) is 0 Å². The summed E-state index contributed by atoms with van der Waals surface area (Å²) < 4.78 is 30.2. The van der Waals surface area contributed by atoms with Crippen molar-refractivity contribution in [3.05, 3.63) is 0 Å². The van der Waals surface area contributed by atoms with Crippen molar-refractivity contribution in [3.8, 4) is 0 Å². The van der Waals surface area contributed by atoms with Gasteiger partial charge in [0.1, 0.15) is 0 Å². The zero-order valence-corrected chi connectivity index (χ0v) is 11.9. The minimum atomic E-state index is -3.06. The lowest BCUT2D eigenvalue weighted by Gasteiger charge is -2.37. The second-order valence-electron chi connectivity index (χ2n) is 5.26. The summed E-state index contributed by atoms with van der Waals surface area (Å²) in [5, 5.41) is -0.249. The summed E-state index contributed by atoms with van der Waals surface area (Å²) in [6, 6.07) is -0.281. The highest BCUT2D eigenvalue weighted by molar-refractivity contribution is 7.99. The van der Waals surface area contributed by atoms with E-state index in [1.807, 2.05) is 11.8 Å². The molecule has 0 aromatic rings. The predicted octanol–water partition coefficient (Wildman–Crippen LogP) is 0.803. The van der Waals surface area contributed by atoms with Crippen LogP contribution in [-0.4, -0.2) is 49.2 Å². The molecule has 2 saturated heterocycles. The third-order valence-electron chi connectivity index (χ3n) is 3.52. The molecule has 17 heavy (non-hydrogen) atoms. The van der Waals surface area contributed by atoms with E-state index in [1.165, 1.54) is 0 Å². The Morgan fingerprint density at radius 1 is 1.59 bits per heavy atom. The van der Waals surface area contributed by atoms with Crippen LogP contribution < -0.4 is 5.73 Å². The van der Waals surface area contributed by atoms with Crippen LogP contribution in [0.1, 0.15) is 26.2 Å². The third-order valence-corrected chi connectivity index (χ3v) is 7.15. The molecule has 2 aliphatic rings. The molecular formula is C11H21NO3S2. The van der Waals surface area contributed by atoms with E-state index in [1.54, 1.807) is 6.92 Å². The first kappa shape index (κ1) is 13.6. The maximum atomic E-state index is 12.2. The molecule has 2 aliphatic heterocycles. The molecule has 2 fully saturated rings. The maximum Gasteiger partial charge on any atom is 0.154 e. The predicted molar refractivity (Wildman–Crippen MR) is 71.1 cm³/mol. The van der Waals surface area contributed by atoms with Gasteiger partial charge in [-0.25, -0.2) is 8.42 Å². The molecule has 3 atom stereocenters. The molecule has 2 N–H and O–H groups in total. The molecule has 6 heteroatoms. The molecule has 0 radical (unpaired) electrons. The van der Waals surface area contributed by atoms with Crippen molar-refractivity contribution in [1.29, 1.82) is 0 Å². The summed E-state index contributed by atoms with van der Waals surface area (Å²) >= 11 is 1.86. The second kappa shape index (κ2) is 5.07. The lowest BCUT2D eigenvalue weighted by molar-refractivity contribution is -0.0572. The summed E-state index contributed by atoms with van der Waals surface area (Å²) in [5.41, 5.74) is 5.45. The first-order valence-corrected chi connectivity index (χ1v) is 8.99. The zero-order valence-electron chi connectivity index (χ0n) is 10.2. The van der Waals surface area contributed by atoms with E-state index in [4.69, 9.17) is 10.5 Å². The fraction of sp³-hybridized carbons (Fsp3) is 1.00. The van der Waals surface area contributed by atoms with Gasteiger partial charge < -0.3 is 10.5 Å². The van der Waals surface area contributed by atoms with E-state index in [9.17, 15) is 8.42 Å². The Balaban J connectivity index is 2.06. The van der Waals surface area contributed by atoms with Crippen molar-refractivity contribution in [2.75, 3.05) is 23.9 Å². The Kier molecular flexibility index (Phi) is 4.07. The van der Waals surface area contributed by atoms with Crippen molar-refractivity contribution in [1.82, 2.24) is 0 Å². The fourth-order valence-corrected chi connectivity index (χ4v) is 6.05. The molecule has 0 bridgehead atoms. The topological polar surface area (TPSA) is 69.4 Å². The minimum Gasteiger partial charge on any atom is -0.374 e. The molecular weight excluding hydrogens is 258 g/mol. The number of sulfone groups is 1. The first-order chi connectivity index (χ1) is 7.94. The van der Waals surface area contributed by atoms with Crippen LogP contribution in [0.2, 0.25) is 0 Å². The van der Waals surface area contributed by atoms with Crippen LogP contribution in [0.3, 0.4) is 0 Å². The van der Waals surface area contributed by atoms with Gasteiger partial charge in [0, 0.05) is 18.4 Å². The lowest BCUT2D eigenvalue weighted by atomic mass is 9.93. The molecule has 0 amide bonds. The molecule has 100 valence electrons. The monoisotopic (exact) mass is 279 g/mol. The average molecular weight is 279 g/mol. The standard InChI is InChI=1S/C11H21NO3S2/c1-9(12)7-17(13,14)10-2-4-15-11(6-10)3-5-16-8-11/h9-10H,2-8,12H2,1H3. The molecule has 1 spiro atoms. The minimum absolute atomic E-state index is 0.0981. The molecule has 0 saturated carbocycles. The Morgan fingerprint density at radius 3 is 2.94 bits per heavy atom. The van der Waals surface area contributed by atoms with Gasteiger partial charge >= 0.3 is 0 Å². The van der Waals surface area contributed by atoms with Crippen LogP contribution in [0.4, 0.5) is 0 Å². The summed E-state index contributed by atoms with van der Waals surface area (Å²) in [4.78, 5) is 0. The number of rotatable bonds is 3. The second-order valence-corrected chi connectivity index (χ2v) is 8.69. The highest BCUT2D eigenvalue weighted by Gasteiger charge is 2.44. The highest BCUT2D eigenvalue weighted by Crippen LogP contribution is 2.40. The number of thioether (sulfide) groups is 1. The molecule has 4 nitrogen and oxygen atoms in total. The van der Waals surface area contributed by atoms with E-state index in [-0.39, 0.29) is 22.6 Å². The Hall–Kier alpha value is 0.220. The van der Waals surface area contributed by atoms with E-state index < -0.39 is 9.84 Å². The normalized spacial score (nSPS) is 36.2. The van der Waals surface area contributed by atoms with Crippen LogP contribution in [0.25, 0.3) is 0 Å². The van der Waals surface area contributed by atoms with Gasteiger partial charge in [-0.3, -0.25) is 0 Å². The van der Waals surface area contributed by atoms with Crippen LogP contribution in [0, 0.1) is 0 Å². The Labute approximate surface area is 108 Å². The van der Waals surface area contributed by atoms with Gasteiger partial charge in [0.05, 0.1) is 16.6 Å². The highest BCUT2D eigenvalue weighted by atomic mass is 32.2. The van der Waals surface area contributed by atoms with Crippen molar-refractivity contribution in [2.45, 2.75) is 43.1 Å². The smallest absolute Gasteiger partial charge is 0.154 e. The van der Waals surface area contributed by atoms with Gasteiger partial charge in [0.15, 0.2) is 9.84 Å². The number of ether oxygens (including phenoxy) is 1. The number of nitrogens with two attached hydrogens (primary N) is 1. The molecule has 3 unspecified atom stereocenters. The summed E-state index contributed by atoms with van der Waals surface area (Å²) in [6.45, 7) is 2.32. The SMILES string of the molecule is CC(N)CS(=O)(=O)C1CCOC2(CCSC2)C1. The van der Waals surface area contributed by atoms with Crippen molar-refractivity contribution >= 4 is 21.6 Å². The van der Waals surface area contributed by atoms with Gasteiger partial charge in [0.2, 0.25) is 0 Å². The number of hydrogen-bond acceptors (Lipinski definition) is 5. The zero-order chi connectivity index (χ0) is 12.5. The third kappa shape index (κ3) is 3.16. The summed E-state index contributed by atoms with van der Waals surface area (Å²) in [7, 11) is -3.06. The molecule has 2 rings (SSSR count). The van der Waals surface area contributed by atoms with Crippen molar-refractivity contribution in [3.63, 3.8) is 0 Å². The van der Waals surface area contributed by atoms with Crippen molar-refractivity contribution < 1.29 is 13.2 Å². The quantitative estimate of drug-likeness (QED) is 0.827. The van der Waals surface area contributed by atoms with E-state index in [2.05, 4.69) is 0 Å². The average Bonchev–Trinajstić information content (AvgIpc) is 2.64. The Bertz CT molecular complexity index is 361. The molecule has 2 heterocycles. The van der Waals surface area contributed by atoms with E-state index in [0.29, 0.717) is 19.4 Å². The van der Waals surface area contributed by atoms with Gasteiger partial charge in [-0.1, -0.05) is 0 Å². The van der Waals surface area contributed by atoms with Gasteiger partial charge in [-0.2, -0.15) is 11.8 Å². The van der Waals surface area contributed by atoms with Crippen LogP contribution in [0.5, 0.6) is 0 Å². The van der Waals surface area contributed by atoms with Gasteiger partial charge in [-0.15, -0.1) is 0 Å². The molecule has 0 aliphatic carbocycles. The first-order valence-electron chi connectivity index (χ1n) is 6.12. The maximum absolute atomic E-state index is 12.2. The van der Waals surface area contributed by atoms with Gasteiger partial charge in [-0.05, 0) is 31.9 Å². The molecule has 0 aromatic carbocycles. The lowest BCUT2D eigenvalue weighted by Crippen LogP contribution is -2.46. The number of hydrogen-bond donors (Lipinski definition) is 1. The largest absolute Gasteiger partial charge is 0.374 e. The Morgan fingerprint density at radius 2 is 2.35 bits per heavy atom.